The van der Waals surface area contributed by atoms with Crippen LogP contribution in [0, 0.1) is 5.92 Å². The third kappa shape index (κ3) is 5.70. The van der Waals surface area contributed by atoms with Crippen LogP contribution in [-0.2, 0) is 4.74 Å². The van der Waals surface area contributed by atoms with Gasteiger partial charge in [0.25, 0.3) is 0 Å². The Hall–Kier alpha value is -2.08. The maximum Gasteiger partial charge on any atom is 0.407 e. The number of aromatic nitrogens is 2. The Morgan fingerprint density at radius 3 is 2.48 bits per heavy atom. The molecule has 0 saturated heterocycles. The second kappa shape index (κ2) is 8.30. The van der Waals surface area contributed by atoms with E-state index in [4.69, 9.17) is 20.8 Å². The van der Waals surface area contributed by atoms with Crippen LogP contribution in [0.4, 0.5) is 4.79 Å². The van der Waals surface area contributed by atoms with E-state index in [0.717, 1.165) is 31.2 Å². The van der Waals surface area contributed by atoms with Crippen LogP contribution in [0.15, 0.2) is 28.7 Å². The first-order valence-corrected chi connectivity index (χ1v) is 9.74. The quantitative estimate of drug-likeness (QED) is 0.776. The lowest BCUT2D eigenvalue weighted by Crippen LogP contribution is -2.36. The Morgan fingerprint density at radius 1 is 1.19 bits per heavy atom. The Labute approximate surface area is 164 Å². The fraction of sp³-hybridized carbons (Fsp3) is 0.550. The van der Waals surface area contributed by atoms with Crippen LogP contribution in [0.25, 0.3) is 11.5 Å². The fourth-order valence-electron chi connectivity index (χ4n) is 3.26. The molecule has 0 unspecified atom stereocenters. The lowest BCUT2D eigenvalue weighted by molar-refractivity contribution is 0.0514. The van der Waals surface area contributed by atoms with Crippen molar-refractivity contribution in [3.05, 3.63) is 35.2 Å². The minimum Gasteiger partial charge on any atom is -0.444 e. The Morgan fingerprint density at radius 2 is 1.85 bits per heavy atom. The first-order valence-electron chi connectivity index (χ1n) is 9.36. The predicted octanol–water partition coefficient (Wildman–Crippen LogP) is 5.19. The number of hydrogen-bond donors (Lipinski definition) is 1. The average Bonchev–Trinajstić information content (AvgIpc) is 3.10. The summed E-state index contributed by atoms with van der Waals surface area (Å²) in [4.78, 5) is 11.8. The third-order valence-electron chi connectivity index (χ3n) is 4.66. The molecule has 146 valence electrons. The van der Waals surface area contributed by atoms with E-state index in [1.54, 1.807) is 0 Å². The van der Waals surface area contributed by atoms with Gasteiger partial charge in [-0.3, -0.25) is 0 Å². The van der Waals surface area contributed by atoms with E-state index in [9.17, 15) is 4.79 Å². The zero-order chi connectivity index (χ0) is 19.4. The van der Waals surface area contributed by atoms with Gasteiger partial charge in [0.15, 0.2) is 0 Å². The summed E-state index contributed by atoms with van der Waals surface area (Å²) >= 11 is 5.92. The molecule has 0 bridgehead atoms. The molecule has 1 aliphatic rings. The summed E-state index contributed by atoms with van der Waals surface area (Å²) in [6.07, 6.45) is 3.62. The van der Waals surface area contributed by atoms with Gasteiger partial charge in [-0.2, -0.15) is 0 Å². The molecule has 2 aromatic rings. The number of nitrogens with zero attached hydrogens (tertiary/aromatic N) is 2. The minimum atomic E-state index is -0.471. The van der Waals surface area contributed by atoms with E-state index in [2.05, 4.69) is 15.5 Å². The molecule has 1 N–H and O–H groups in total. The molecule has 1 amide bonds. The lowest BCUT2D eigenvalue weighted by Gasteiger charge is -2.27. The van der Waals surface area contributed by atoms with Crippen molar-refractivity contribution in [1.29, 1.82) is 0 Å². The predicted molar refractivity (Wildman–Crippen MR) is 104 cm³/mol. The van der Waals surface area contributed by atoms with Gasteiger partial charge in [0.2, 0.25) is 11.8 Å². The van der Waals surface area contributed by atoms with E-state index in [-0.39, 0.29) is 12.0 Å². The Balaban J connectivity index is 1.48. The molecule has 1 aromatic carbocycles. The topological polar surface area (TPSA) is 77.2 Å². The summed E-state index contributed by atoms with van der Waals surface area (Å²) in [6.45, 7) is 6.23. The van der Waals surface area contributed by atoms with E-state index in [0.29, 0.717) is 29.3 Å². The zero-order valence-electron chi connectivity index (χ0n) is 16.0. The molecule has 1 aliphatic carbocycles. The largest absolute Gasteiger partial charge is 0.444 e. The van der Waals surface area contributed by atoms with Gasteiger partial charge in [0.05, 0.1) is 0 Å². The van der Waals surface area contributed by atoms with Gasteiger partial charge in [-0.05, 0) is 76.6 Å². The van der Waals surface area contributed by atoms with Gasteiger partial charge in [-0.1, -0.05) is 11.6 Å². The van der Waals surface area contributed by atoms with Crippen LogP contribution in [0.3, 0.4) is 0 Å². The highest BCUT2D eigenvalue weighted by Gasteiger charge is 2.27. The maximum atomic E-state index is 11.8. The molecule has 0 atom stereocenters. The molecule has 1 saturated carbocycles. The Bertz CT molecular complexity index is 760. The first-order chi connectivity index (χ1) is 12.8. The molecular formula is C20H26ClN3O3. The minimum absolute atomic E-state index is 0.274. The molecule has 3 rings (SSSR count). The van der Waals surface area contributed by atoms with Crippen molar-refractivity contribution in [3.63, 3.8) is 0 Å². The number of halogens is 1. The molecule has 0 spiro atoms. The van der Waals surface area contributed by atoms with Crippen molar-refractivity contribution >= 4 is 17.7 Å². The molecule has 1 heterocycles. The summed E-state index contributed by atoms with van der Waals surface area (Å²) < 4.78 is 11.2. The second-order valence-corrected chi connectivity index (χ2v) is 8.49. The summed E-state index contributed by atoms with van der Waals surface area (Å²) in [5, 5.41) is 12.0. The van der Waals surface area contributed by atoms with Crippen molar-refractivity contribution in [1.82, 2.24) is 15.5 Å². The monoisotopic (exact) mass is 391 g/mol. The standard InChI is InChI=1S/C20H26ClN3O3/c1-20(2,3)27-19(25)22-12-13-4-6-14(7-5-13)17-23-24-18(26-17)15-8-10-16(21)11-9-15/h8-11,13-14H,4-7,12H2,1-3H3,(H,22,25). The Kier molecular flexibility index (Phi) is 6.05. The van der Waals surface area contributed by atoms with E-state index >= 15 is 0 Å². The van der Waals surface area contributed by atoms with Crippen molar-refractivity contribution < 1.29 is 13.9 Å². The third-order valence-corrected chi connectivity index (χ3v) is 4.91. The van der Waals surface area contributed by atoms with Crippen LogP contribution in [0.1, 0.15) is 58.3 Å². The highest BCUT2D eigenvalue weighted by Crippen LogP contribution is 2.36. The fourth-order valence-corrected chi connectivity index (χ4v) is 3.39. The number of hydrogen-bond acceptors (Lipinski definition) is 5. The number of alkyl carbamates (subject to hydrolysis) is 1. The van der Waals surface area contributed by atoms with Gasteiger partial charge in [0.1, 0.15) is 5.60 Å². The molecule has 7 heteroatoms. The van der Waals surface area contributed by atoms with E-state index in [1.165, 1.54) is 0 Å². The van der Waals surface area contributed by atoms with E-state index < -0.39 is 5.60 Å². The average molecular weight is 392 g/mol. The van der Waals surface area contributed by atoms with Gasteiger partial charge >= 0.3 is 6.09 Å². The molecular weight excluding hydrogens is 366 g/mol. The zero-order valence-corrected chi connectivity index (χ0v) is 16.8. The molecule has 0 radical (unpaired) electrons. The smallest absolute Gasteiger partial charge is 0.407 e. The molecule has 27 heavy (non-hydrogen) atoms. The van der Waals surface area contributed by atoms with Gasteiger partial charge in [-0.25, -0.2) is 4.79 Å². The number of carbonyl (C=O) groups excluding carboxylic acids is 1. The highest BCUT2D eigenvalue weighted by molar-refractivity contribution is 6.30. The number of carbonyl (C=O) groups is 1. The summed E-state index contributed by atoms with van der Waals surface area (Å²) in [5.74, 6) is 1.94. The molecule has 1 aromatic heterocycles. The van der Waals surface area contributed by atoms with Gasteiger partial charge in [-0.15, -0.1) is 10.2 Å². The SMILES string of the molecule is CC(C)(C)OC(=O)NCC1CCC(c2nnc(-c3ccc(Cl)cc3)o2)CC1. The van der Waals surface area contributed by atoms with Gasteiger partial charge in [0, 0.05) is 23.0 Å². The summed E-state index contributed by atoms with van der Waals surface area (Å²) in [7, 11) is 0. The van der Waals surface area contributed by atoms with Crippen LogP contribution in [-0.4, -0.2) is 28.4 Å². The van der Waals surface area contributed by atoms with Crippen LogP contribution >= 0.6 is 11.6 Å². The lowest BCUT2D eigenvalue weighted by atomic mass is 9.82. The van der Waals surface area contributed by atoms with Crippen LogP contribution in [0.2, 0.25) is 5.02 Å². The van der Waals surface area contributed by atoms with Crippen molar-refractivity contribution in [3.8, 4) is 11.5 Å². The summed E-state index contributed by atoms with van der Waals surface area (Å²) in [5.41, 5.74) is 0.398. The number of benzene rings is 1. The number of nitrogens with one attached hydrogen (secondary N) is 1. The molecule has 6 nitrogen and oxygen atoms in total. The van der Waals surface area contributed by atoms with Crippen molar-refractivity contribution in [2.45, 2.75) is 58.0 Å². The normalized spacial score (nSPS) is 20.3. The van der Waals surface area contributed by atoms with E-state index in [1.807, 2.05) is 45.0 Å². The first kappa shape index (κ1) is 19.7. The van der Waals surface area contributed by atoms with Crippen LogP contribution in [0.5, 0.6) is 0 Å². The summed E-state index contributed by atoms with van der Waals surface area (Å²) in [6, 6.07) is 7.37. The number of rotatable bonds is 4. The molecule has 1 fully saturated rings. The molecule has 0 aliphatic heterocycles. The van der Waals surface area contributed by atoms with Crippen LogP contribution < -0.4 is 5.32 Å². The second-order valence-electron chi connectivity index (χ2n) is 8.05. The van der Waals surface area contributed by atoms with Gasteiger partial charge < -0.3 is 14.5 Å². The van der Waals surface area contributed by atoms with Crippen molar-refractivity contribution in [2.24, 2.45) is 5.92 Å². The van der Waals surface area contributed by atoms with Crippen molar-refractivity contribution in [2.75, 3.05) is 6.54 Å². The maximum absolute atomic E-state index is 11.8. The number of amides is 1. The number of ether oxygens (including phenoxy) is 1. The highest BCUT2D eigenvalue weighted by atomic mass is 35.5.